The van der Waals surface area contributed by atoms with Gasteiger partial charge < -0.3 is 20.4 Å². The normalized spacial score (nSPS) is 11.5. The van der Waals surface area contributed by atoms with Gasteiger partial charge in [0.1, 0.15) is 0 Å². The molecule has 0 bridgehead atoms. The molecule has 0 aliphatic carbocycles. The summed E-state index contributed by atoms with van der Waals surface area (Å²) >= 11 is 0. The summed E-state index contributed by atoms with van der Waals surface area (Å²) in [6.07, 6.45) is 4.73. The SMILES string of the molecule is CCOc1ncccc1CNC(=NC)NCCc1c[nH]c2ccccc12. The third-order valence-electron chi connectivity index (χ3n) is 4.16. The first-order valence-corrected chi connectivity index (χ1v) is 8.88. The van der Waals surface area contributed by atoms with E-state index in [4.69, 9.17) is 4.74 Å². The van der Waals surface area contributed by atoms with Gasteiger partial charge in [0.05, 0.1) is 6.61 Å². The van der Waals surface area contributed by atoms with E-state index in [1.54, 1.807) is 13.2 Å². The van der Waals surface area contributed by atoms with Gasteiger partial charge in [-0.05, 0) is 31.0 Å². The van der Waals surface area contributed by atoms with E-state index >= 15 is 0 Å². The number of ether oxygens (including phenoxy) is 1. The molecule has 6 heteroatoms. The minimum Gasteiger partial charge on any atom is -0.478 e. The lowest BCUT2D eigenvalue weighted by atomic mass is 10.1. The van der Waals surface area contributed by atoms with E-state index in [9.17, 15) is 0 Å². The number of aromatic amines is 1. The quantitative estimate of drug-likeness (QED) is 0.452. The maximum absolute atomic E-state index is 5.56. The number of benzene rings is 1. The molecule has 3 N–H and O–H groups in total. The van der Waals surface area contributed by atoms with Crippen molar-refractivity contribution in [2.24, 2.45) is 4.99 Å². The molecule has 0 fully saturated rings. The number of pyridine rings is 1. The fourth-order valence-corrected chi connectivity index (χ4v) is 2.88. The number of nitrogens with zero attached hydrogens (tertiary/aromatic N) is 2. The molecule has 0 radical (unpaired) electrons. The van der Waals surface area contributed by atoms with Gasteiger partial charge in [-0.25, -0.2) is 4.98 Å². The lowest BCUT2D eigenvalue weighted by Crippen LogP contribution is -2.37. The van der Waals surface area contributed by atoms with E-state index < -0.39 is 0 Å². The minimum absolute atomic E-state index is 0.599. The van der Waals surface area contributed by atoms with Crippen LogP contribution < -0.4 is 15.4 Å². The molecule has 2 aromatic heterocycles. The van der Waals surface area contributed by atoms with Crippen LogP contribution in [0.4, 0.5) is 0 Å². The predicted molar refractivity (Wildman–Crippen MR) is 106 cm³/mol. The smallest absolute Gasteiger partial charge is 0.218 e. The summed E-state index contributed by atoms with van der Waals surface area (Å²) in [4.78, 5) is 11.9. The number of aliphatic imine (C=N–C) groups is 1. The number of nitrogens with one attached hydrogen (secondary N) is 3. The van der Waals surface area contributed by atoms with E-state index in [1.807, 2.05) is 25.1 Å². The first kappa shape index (κ1) is 17.8. The van der Waals surface area contributed by atoms with Crippen LogP contribution in [0.2, 0.25) is 0 Å². The van der Waals surface area contributed by atoms with E-state index in [0.717, 1.165) is 24.5 Å². The van der Waals surface area contributed by atoms with E-state index in [2.05, 4.69) is 50.0 Å². The van der Waals surface area contributed by atoms with Crippen molar-refractivity contribution in [3.8, 4) is 5.88 Å². The number of hydrogen-bond donors (Lipinski definition) is 3. The topological polar surface area (TPSA) is 74.3 Å². The van der Waals surface area contributed by atoms with Crippen molar-refractivity contribution in [2.45, 2.75) is 19.9 Å². The van der Waals surface area contributed by atoms with Gasteiger partial charge in [0.2, 0.25) is 5.88 Å². The fourth-order valence-electron chi connectivity index (χ4n) is 2.88. The second-order valence-corrected chi connectivity index (χ2v) is 5.86. The molecule has 3 aromatic rings. The molecule has 3 rings (SSSR count). The Bertz CT molecular complexity index is 871. The molecule has 0 spiro atoms. The summed E-state index contributed by atoms with van der Waals surface area (Å²) in [5.41, 5.74) is 3.48. The third kappa shape index (κ3) is 4.33. The molecule has 2 heterocycles. The standard InChI is InChI=1S/C20H25N5O/c1-3-26-19-16(7-6-11-22-19)14-25-20(21-2)23-12-10-15-13-24-18-9-5-4-8-17(15)18/h4-9,11,13,24H,3,10,12,14H2,1-2H3,(H2,21,23,25). The third-order valence-corrected chi connectivity index (χ3v) is 4.16. The summed E-state index contributed by atoms with van der Waals surface area (Å²) in [6, 6.07) is 12.3. The number of guanidine groups is 1. The summed E-state index contributed by atoms with van der Waals surface area (Å²) in [5.74, 6) is 1.42. The molecule has 26 heavy (non-hydrogen) atoms. The molecule has 0 saturated heterocycles. The van der Waals surface area contributed by atoms with Crippen molar-refractivity contribution in [3.63, 3.8) is 0 Å². The largest absolute Gasteiger partial charge is 0.478 e. The predicted octanol–water partition coefficient (Wildman–Crippen LogP) is 2.87. The number of para-hydroxylation sites is 1. The van der Waals surface area contributed by atoms with Crippen LogP contribution in [0, 0.1) is 0 Å². The molecule has 6 nitrogen and oxygen atoms in total. The van der Waals surface area contributed by atoms with Gasteiger partial charge in [-0.2, -0.15) is 0 Å². The molecule has 0 aliphatic rings. The summed E-state index contributed by atoms with van der Waals surface area (Å²) < 4.78 is 5.56. The molecule has 0 atom stereocenters. The number of rotatable bonds is 7. The molecule has 0 unspecified atom stereocenters. The zero-order valence-electron chi connectivity index (χ0n) is 15.2. The minimum atomic E-state index is 0.599. The number of hydrogen-bond acceptors (Lipinski definition) is 3. The molecule has 0 aliphatic heterocycles. The lowest BCUT2D eigenvalue weighted by molar-refractivity contribution is 0.322. The maximum atomic E-state index is 5.56. The van der Waals surface area contributed by atoms with Crippen molar-refractivity contribution in [2.75, 3.05) is 20.2 Å². The molecule has 136 valence electrons. The Labute approximate surface area is 153 Å². The second kappa shape index (κ2) is 8.89. The first-order chi connectivity index (χ1) is 12.8. The molecule has 1 aromatic carbocycles. The molecule has 0 saturated carbocycles. The summed E-state index contributed by atoms with van der Waals surface area (Å²) in [6.45, 7) is 3.96. The van der Waals surface area contributed by atoms with Crippen LogP contribution in [0.3, 0.4) is 0 Å². The average Bonchev–Trinajstić information content (AvgIpc) is 3.09. The fraction of sp³-hybridized carbons (Fsp3) is 0.300. The van der Waals surface area contributed by atoms with Crippen molar-refractivity contribution in [1.82, 2.24) is 20.6 Å². The van der Waals surface area contributed by atoms with Crippen LogP contribution in [-0.4, -0.2) is 36.1 Å². The molecular weight excluding hydrogens is 326 g/mol. The van der Waals surface area contributed by atoms with Crippen LogP contribution in [0.15, 0.2) is 53.8 Å². The Kier molecular flexibility index (Phi) is 6.09. The highest BCUT2D eigenvalue weighted by Crippen LogP contribution is 2.17. The van der Waals surface area contributed by atoms with Gasteiger partial charge >= 0.3 is 0 Å². The van der Waals surface area contributed by atoms with Crippen molar-refractivity contribution in [3.05, 3.63) is 59.9 Å². The Balaban J connectivity index is 1.52. The van der Waals surface area contributed by atoms with Crippen LogP contribution in [0.1, 0.15) is 18.1 Å². The van der Waals surface area contributed by atoms with E-state index in [0.29, 0.717) is 19.0 Å². The summed E-state index contributed by atoms with van der Waals surface area (Å²) in [5, 5.41) is 7.94. The zero-order valence-corrected chi connectivity index (χ0v) is 15.2. The van der Waals surface area contributed by atoms with Gasteiger partial charge in [0.15, 0.2) is 5.96 Å². The Morgan fingerprint density at radius 1 is 1.15 bits per heavy atom. The zero-order chi connectivity index (χ0) is 18.2. The van der Waals surface area contributed by atoms with Gasteiger partial charge in [0, 0.05) is 49.0 Å². The van der Waals surface area contributed by atoms with E-state index in [-0.39, 0.29) is 0 Å². The highest BCUT2D eigenvalue weighted by molar-refractivity contribution is 5.83. The first-order valence-electron chi connectivity index (χ1n) is 8.88. The van der Waals surface area contributed by atoms with Crippen molar-refractivity contribution >= 4 is 16.9 Å². The summed E-state index contributed by atoms with van der Waals surface area (Å²) in [7, 11) is 1.77. The Hall–Kier alpha value is -3.02. The maximum Gasteiger partial charge on any atom is 0.218 e. The van der Waals surface area contributed by atoms with Crippen LogP contribution in [0.25, 0.3) is 10.9 Å². The second-order valence-electron chi connectivity index (χ2n) is 5.86. The molecule has 0 amide bonds. The van der Waals surface area contributed by atoms with Gasteiger partial charge in [0.25, 0.3) is 0 Å². The lowest BCUT2D eigenvalue weighted by Gasteiger charge is -2.13. The Morgan fingerprint density at radius 3 is 2.88 bits per heavy atom. The Morgan fingerprint density at radius 2 is 2.04 bits per heavy atom. The number of aromatic nitrogens is 2. The van der Waals surface area contributed by atoms with Crippen LogP contribution >= 0.6 is 0 Å². The van der Waals surface area contributed by atoms with Crippen molar-refractivity contribution < 1.29 is 4.74 Å². The van der Waals surface area contributed by atoms with Gasteiger partial charge in [-0.15, -0.1) is 0 Å². The van der Waals surface area contributed by atoms with Gasteiger partial charge in [-0.3, -0.25) is 4.99 Å². The number of fused-ring (bicyclic) bond motifs is 1. The monoisotopic (exact) mass is 351 g/mol. The molecular formula is C20H25N5O. The van der Waals surface area contributed by atoms with Gasteiger partial charge in [-0.1, -0.05) is 24.3 Å². The highest BCUT2D eigenvalue weighted by atomic mass is 16.5. The van der Waals surface area contributed by atoms with Crippen LogP contribution in [0.5, 0.6) is 5.88 Å². The van der Waals surface area contributed by atoms with Crippen molar-refractivity contribution in [1.29, 1.82) is 0 Å². The highest BCUT2D eigenvalue weighted by Gasteiger charge is 2.06. The number of H-pyrrole nitrogens is 1. The van der Waals surface area contributed by atoms with E-state index in [1.165, 1.54) is 16.5 Å². The average molecular weight is 351 g/mol. The van der Waals surface area contributed by atoms with Crippen LogP contribution in [-0.2, 0) is 13.0 Å².